The van der Waals surface area contributed by atoms with Crippen molar-refractivity contribution in [3.05, 3.63) is 34.3 Å². The van der Waals surface area contributed by atoms with Gasteiger partial charge in [-0.3, -0.25) is 0 Å². The molecule has 0 spiro atoms. The molecule has 0 saturated heterocycles. The van der Waals surface area contributed by atoms with Crippen molar-refractivity contribution in [1.29, 1.82) is 0 Å². The van der Waals surface area contributed by atoms with E-state index in [0.29, 0.717) is 6.54 Å². The number of nitrogen functional groups attached to an aromatic ring is 1. The molecule has 0 fully saturated rings. The number of aromatic nitrogens is 2. The van der Waals surface area contributed by atoms with Gasteiger partial charge in [-0.1, -0.05) is 6.07 Å². The van der Waals surface area contributed by atoms with Gasteiger partial charge in [0.15, 0.2) is 0 Å². The summed E-state index contributed by atoms with van der Waals surface area (Å²) in [7, 11) is 1.66. The van der Waals surface area contributed by atoms with Gasteiger partial charge in [-0.2, -0.15) is 13.2 Å². The number of thiophene rings is 1. The van der Waals surface area contributed by atoms with Gasteiger partial charge in [0.1, 0.15) is 11.6 Å². The lowest BCUT2D eigenvalue weighted by atomic mass is 10.4. The van der Waals surface area contributed by atoms with Crippen molar-refractivity contribution in [3.8, 4) is 0 Å². The van der Waals surface area contributed by atoms with Gasteiger partial charge in [0.2, 0.25) is 5.82 Å². The van der Waals surface area contributed by atoms with Crippen LogP contribution in [-0.4, -0.2) is 17.0 Å². The summed E-state index contributed by atoms with van der Waals surface area (Å²) < 4.78 is 38.1. The molecule has 108 valence electrons. The van der Waals surface area contributed by atoms with Crippen LogP contribution >= 0.6 is 11.3 Å². The van der Waals surface area contributed by atoms with Crippen LogP contribution < -0.4 is 16.2 Å². The zero-order valence-electron chi connectivity index (χ0n) is 10.5. The standard InChI is InChI=1S/C11H12F3N5S/c1-19(6-7-3-2-4-20-7)9-5-8(18-15)16-10(17-9)11(12,13)14/h2-5H,6,15H2,1H3,(H,16,17,18). The molecule has 3 N–H and O–H groups in total. The average molecular weight is 303 g/mol. The van der Waals surface area contributed by atoms with Crippen molar-refractivity contribution in [2.45, 2.75) is 12.7 Å². The number of nitrogens with zero attached hydrogens (tertiary/aromatic N) is 3. The summed E-state index contributed by atoms with van der Waals surface area (Å²) in [6.07, 6.45) is -4.62. The molecular formula is C11H12F3N5S. The summed E-state index contributed by atoms with van der Waals surface area (Å²) in [5.41, 5.74) is 2.12. The molecule has 5 nitrogen and oxygen atoms in total. The van der Waals surface area contributed by atoms with Crippen LogP contribution in [0.1, 0.15) is 10.7 Å². The minimum absolute atomic E-state index is 0.0830. The van der Waals surface area contributed by atoms with E-state index in [1.165, 1.54) is 17.4 Å². The summed E-state index contributed by atoms with van der Waals surface area (Å²) in [4.78, 5) is 9.45. The first-order chi connectivity index (χ1) is 9.40. The summed E-state index contributed by atoms with van der Waals surface area (Å²) in [6, 6.07) is 5.14. The number of hydrogen-bond acceptors (Lipinski definition) is 6. The Balaban J connectivity index is 2.30. The van der Waals surface area contributed by atoms with Gasteiger partial charge >= 0.3 is 6.18 Å². The highest BCUT2D eigenvalue weighted by atomic mass is 32.1. The van der Waals surface area contributed by atoms with Crippen molar-refractivity contribution in [1.82, 2.24) is 9.97 Å². The van der Waals surface area contributed by atoms with Gasteiger partial charge in [-0.25, -0.2) is 15.8 Å². The molecule has 0 saturated carbocycles. The minimum atomic E-state index is -4.62. The molecule has 2 rings (SSSR count). The monoisotopic (exact) mass is 303 g/mol. The van der Waals surface area contributed by atoms with E-state index in [1.54, 1.807) is 11.9 Å². The van der Waals surface area contributed by atoms with E-state index < -0.39 is 12.0 Å². The molecule has 2 aromatic heterocycles. The molecule has 20 heavy (non-hydrogen) atoms. The molecule has 0 aliphatic heterocycles. The molecule has 0 bridgehead atoms. The number of hydrogen-bond donors (Lipinski definition) is 2. The highest BCUT2D eigenvalue weighted by Gasteiger charge is 2.35. The van der Waals surface area contributed by atoms with Crippen LogP contribution in [0.5, 0.6) is 0 Å². The van der Waals surface area contributed by atoms with Gasteiger partial charge < -0.3 is 10.3 Å². The molecular weight excluding hydrogens is 291 g/mol. The fourth-order valence-corrected chi connectivity index (χ4v) is 2.31. The second-order valence-corrected chi connectivity index (χ2v) is 5.04. The number of alkyl halides is 3. The second kappa shape index (κ2) is 5.63. The third kappa shape index (κ3) is 3.36. The SMILES string of the molecule is CN(Cc1cccs1)c1cc(NN)nc(C(F)(F)F)n1. The van der Waals surface area contributed by atoms with E-state index in [4.69, 9.17) is 5.84 Å². The van der Waals surface area contributed by atoms with Crippen LogP contribution in [0.4, 0.5) is 24.8 Å². The van der Waals surface area contributed by atoms with Crippen molar-refractivity contribution in [2.75, 3.05) is 17.4 Å². The van der Waals surface area contributed by atoms with Crippen molar-refractivity contribution >= 4 is 23.0 Å². The third-order valence-electron chi connectivity index (χ3n) is 2.48. The number of hydrazine groups is 1. The van der Waals surface area contributed by atoms with E-state index in [-0.39, 0.29) is 11.6 Å². The molecule has 9 heteroatoms. The fourth-order valence-electron chi connectivity index (χ4n) is 1.55. The Hall–Kier alpha value is -1.87. The summed E-state index contributed by atoms with van der Waals surface area (Å²) >= 11 is 1.52. The maximum absolute atomic E-state index is 12.7. The lowest BCUT2D eigenvalue weighted by Crippen LogP contribution is -2.22. The van der Waals surface area contributed by atoms with E-state index in [9.17, 15) is 13.2 Å². The molecule has 0 aromatic carbocycles. The van der Waals surface area contributed by atoms with Gasteiger partial charge in [-0.05, 0) is 11.4 Å². The molecule has 0 unspecified atom stereocenters. The molecule has 0 amide bonds. The maximum atomic E-state index is 12.7. The normalized spacial score (nSPS) is 11.4. The highest BCUT2D eigenvalue weighted by Crippen LogP contribution is 2.29. The largest absolute Gasteiger partial charge is 0.451 e. The predicted octanol–water partition coefficient (Wildman–Crippen LogP) is 2.48. The first-order valence-electron chi connectivity index (χ1n) is 5.56. The van der Waals surface area contributed by atoms with Crippen molar-refractivity contribution in [2.24, 2.45) is 5.84 Å². The molecule has 0 atom stereocenters. The van der Waals surface area contributed by atoms with Gasteiger partial charge in [0.25, 0.3) is 0 Å². The number of rotatable bonds is 4. The predicted molar refractivity (Wildman–Crippen MR) is 71.3 cm³/mol. The molecule has 2 heterocycles. The number of nitrogens with one attached hydrogen (secondary N) is 1. The second-order valence-electron chi connectivity index (χ2n) is 4.01. The fraction of sp³-hybridized carbons (Fsp3) is 0.273. The highest BCUT2D eigenvalue weighted by molar-refractivity contribution is 7.09. The first kappa shape index (κ1) is 14.5. The Kier molecular flexibility index (Phi) is 4.09. The van der Waals surface area contributed by atoms with Crippen LogP contribution in [-0.2, 0) is 12.7 Å². The summed E-state index contributed by atoms with van der Waals surface area (Å²) in [5.74, 6) is 3.99. The third-order valence-corrected chi connectivity index (χ3v) is 3.34. The Bertz CT molecular complexity index is 570. The van der Waals surface area contributed by atoms with E-state index >= 15 is 0 Å². The smallest absolute Gasteiger partial charge is 0.354 e. The number of anilines is 2. The van der Waals surface area contributed by atoms with E-state index in [1.807, 2.05) is 17.5 Å². The number of nitrogens with two attached hydrogens (primary N) is 1. The lowest BCUT2D eigenvalue weighted by molar-refractivity contribution is -0.144. The quantitative estimate of drug-likeness (QED) is 0.671. The molecule has 0 radical (unpaired) electrons. The Morgan fingerprint density at radius 1 is 1.40 bits per heavy atom. The van der Waals surface area contributed by atoms with Gasteiger partial charge in [0, 0.05) is 18.0 Å². The molecule has 0 aliphatic rings. The number of halogens is 3. The maximum Gasteiger partial charge on any atom is 0.451 e. The van der Waals surface area contributed by atoms with Gasteiger partial charge in [-0.15, -0.1) is 11.3 Å². The molecule has 0 aliphatic carbocycles. The van der Waals surface area contributed by atoms with E-state index in [2.05, 4.69) is 15.4 Å². The summed E-state index contributed by atoms with van der Waals surface area (Å²) in [5, 5.41) is 1.90. The van der Waals surface area contributed by atoms with Gasteiger partial charge in [0.05, 0.1) is 6.54 Å². The average Bonchev–Trinajstić information content (AvgIpc) is 2.90. The Morgan fingerprint density at radius 3 is 2.70 bits per heavy atom. The minimum Gasteiger partial charge on any atom is -0.354 e. The van der Waals surface area contributed by atoms with Crippen LogP contribution in [0.15, 0.2) is 23.6 Å². The zero-order chi connectivity index (χ0) is 14.8. The first-order valence-corrected chi connectivity index (χ1v) is 6.44. The topological polar surface area (TPSA) is 67.1 Å². The van der Waals surface area contributed by atoms with Crippen LogP contribution in [0.25, 0.3) is 0 Å². The van der Waals surface area contributed by atoms with Crippen molar-refractivity contribution in [3.63, 3.8) is 0 Å². The van der Waals surface area contributed by atoms with Crippen LogP contribution in [0.2, 0.25) is 0 Å². The Labute approximate surface area is 117 Å². The van der Waals surface area contributed by atoms with Crippen LogP contribution in [0, 0.1) is 0 Å². The zero-order valence-corrected chi connectivity index (χ0v) is 11.3. The van der Waals surface area contributed by atoms with Crippen LogP contribution in [0.3, 0.4) is 0 Å². The lowest BCUT2D eigenvalue weighted by Gasteiger charge is -2.19. The van der Waals surface area contributed by atoms with Crippen molar-refractivity contribution < 1.29 is 13.2 Å². The molecule has 2 aromatic rings. The Morgan fingerprint density at radius 2 is 2.15 bits per heavy atom. The van der Waals surface area contributed by atoms with E-state index in [0.717, 1.165) is 4.88 Å². The summed E-state index contributed by atoms with van der Waals surface area (Å²) in [6.45, 7) is 0.454.